The number of carbonyl (C=O) groups is 1. The lowest BCUT2D eigenvalue weighted by molar-refractivity contribution is -0.145. The topological polar surface area (TPSA) is 100 Å². The molecule has 0 saturated heterocycles. The van der Waals surface area contributed by atoms with Gasteiger partial charge < -0.3 is 15.8 Å². The molecule has 5 saturated carbocycles. The highest BCUT2D eigenvalue weighted by Crippen LogP contribution is 2.60. The lowest BCUT2D eigenvalue weighted by atomic mass is 9.47. The van der Waals surface area contributed by atoms with Gasteiger partial charge in [-0.1, -0.05) is 25.0 Å². The van der Waals surface area contributed by atoms with Crippen molar-refractivity contribution in [1.29, 1.82) is 5.26 Å². The first-order valence-electron chi connectivity index (χ1n) is 11.7. The van der Waals surface area contributed by atoms with Crippen LogP contribution in [-0.2, 0) is 10.2 Å². The summed E-state index contributed by atoms with van der Waals surface area (Å²) in [6.07, 6.45) is 11.3. The third kappa shape index (κ3) is 3.21. The number of nitrogens with zero attached hydrogens (tertiary/aromatic N) is 2. The van der Waals surface area contributed by atoms with Gasteiger partial charge in [-0.2, -0.15) is 10.3 Å². The van der Waals surface area contributed by atoms with Gasteiger partial charge in [0.05, 0.1) is 12.5 Å². The summed E-state index contributed by atoms with van der Waals surface area (Å²) in [5.41, 5.74) is 6.51. The Labute approximate surface area is 184 Å². The van der Waals surface area contributed by atoms with E-state index in [-0.39, 0.29) is 22.8 Å². The van der Waals surface area contributed by atoms with E-state index in [0.29, 0.717) is 17.8 Å². The van der Waals surface area contributed by atoms with Crippen LogP contribution in [0.1, 0.15) is 63.4 Å². The smallest absolute Gasteiger partial charge is 0.223 e. The average molecular weight is 421 g/mol. The average Bonchev–Trinajstić information content (AvgIpc) is 3.26. The molecule has 1 aromatic carbocycles. The molecular formula is C25H32N4O2. The second-order valence-electron chi connectivity index (χ2n) is 10.4. The number of nitriles is 1. The van der Waals surface area contributed by atoms with E-state index in [2.05, 4.69) is 28.6 Å². The van der Waals surface area contributed by atoms with Crippen LogP contribution in [0.25, 0.3) is 0 Å². The molecular weight excluding hydrogens is 388 g/mol. The van der Waals surface area contributed by atoms with Gasteiger partial charge in [-0.25, -0.2) is 0 Å². The lowest BCUT2D eigenvalue weighted by Gasteiger charge is -2.59. The van der Waals surface area contributed by atoms with Crippen LogP contribution < -0.4 is 15.8 Å². The predicted molar refractivity (Wildman–Crippen MR) is 118 cm³/mol. The van der Waals surface area contributed by atoms with E-state index in [4.69, 9.17) is 10.5 Å². The first-order chi connectivity index (χ1) is 15.0. The molecule has 0 aliphatic heterocycles. The van der Waals surface area contributed by atoms with Crippen LogP contribution >= 0.6 is 0 Å². The van der Waals surface area contributed by atoms with Crippen molar-refractivity contribution in [3.05, 3.63) is 29.8 Å². The minimum absolute atomic E-state index is 0.109. The first kappa shape index (κ1) is 20.4. The molecule has 4 bridgehead atoms. The van der Waals surface area contributed by atoms with Gasteiger partial charge in [-0.3, -0.25) is 4.79 Å². The molecule has 6 nitrogen and oxygen atoms in total. The van der Waals surface area contributed by atoms with Crippen molar-refractivity contribution >= 4 is 11.7 Å². The van der Waals surface area contributed by atoms with Gasteiger partial charge in [0.2, 0.25) is 12.1 Å². The number of amidine groups is 1. The van der Waals surface area contributed by atoms with Crippen molar-refractivity contribution in [2.75, 3.05) is 7.11 Å². The SMILES string of the molecule is COc1ccc(C2(/C(=N\C#N)NC3C4CC5CC3CC(C(N)=O)(C5)C4)CCCC2)cc1. The van der Waals surface area contributed by atoms with Gasteiger partial charge in [0.15, 0.2) is 0 Å². The molecule has 0 heterocycles. The van der Waals surface area contributed by atoms with E-state index < -0.39 is 0 Å². The Hall–Kier alpha value is -2.55. The molecule has 1 aromatic rings. The minimum atomic E-state index is -0.303. The maximum atomic E-state index is 12.3. The highest BCUT2D eigenvalue weighted by Gasteiger charge is 2.58. The van der Waals surface area contributed by atoms with Crippen LogP contribution in [0, 0.1) is 34.6 Å². The molecule has 3 N–H and O–H groups in total. The third-order valence-electron chi connectivity index (χ3n) is 8.81. The summed E-state index contributed by atoms with van der Waals surface area (Å²) >= 11 is 0. The zero-order chi connectivity index (χ0) is 21.6. The highest BCUT2D eigenvalue weighted by molar-refractivity contribution is 5.94. The maximum Gasteiger partial charge on any atom is 0.223 e. The van der Waals surface area contributed by atoms with Crippen LogP contribution in [0.2, 0.25) is 0 Å². The number of aliphatic imine (C=N–C) groups is 1. The Morgan fingerprint density at radius 1 is 1.16 bits per heavy atom. The number of amides is 1. The number of rotatable bonds is 5. The molecule has 0 aromatic heterocycles. The molecule has 5 aliphatic carbocycles. The first-order valence-corrected chi connectivity index (χ1v) is 11.7. The molecule has 2 unspecified atom stereocenters. The molecule has 2 atom stereocenters. The molecule has 164 valence electrons. The number of nitrogens with one attached hydrogen (secondary N) is 1. The molecule has 6 rings (SSSR count). The van der Waals surface area contributed by atoms with Gasteiger partial charge in [-0.15, -0.1) is 0 Å². The summed E-state index contributed by atoms with van der Waals surface area (Å²) in [6, 6.07) is 8.51. The van der Waals surface area contributed by atoms with Crippen LogP contribution in [-0.4, -0.2) is 24.9 Å². The monoisotopic (exact) mass is 420 g/mol. The summed E-state index contributed by atoms with van der Waals surface area (Å²) in [6.45, 7) is 0. The van der Waals surface area contributed by atoms with Gasteiger partial charge in [0.25, 0.3) is 0 Å². The number of benzene rings is 1. The predicted octanol–water partition coefficient (Wildman–Crippen LogP) is 3.66. The van der Waals surface area contributed by atoms with Gasteiger partial charge in [0.1, 0.15) is 11.6 Å². The highest BCUT2D eigenvalue weighted by atomic mass is 16.5. The van der Waals surface area contributed by atoms with Crippen molar-refractivity contribution in [3.8, 4) is 11.9 Å². The van der Waals surface area contributed by atoms with E-state index in [0.717, 1.165) is 69.4 Å². The molecule has 6 heteroatoms. The van der Waals surface area contributed by atoms with Gasteiger partial charge in [0, 0.05) is 11.5 Å². The summed E-state index contributed by atoms with van der Waals surface area (Å²) in [5, 5.41) is 13.4. The van der Waals surface area contributed by atoms with Gasteiger partial charge >= 0.3 is 0 Å². The molecule has 5 aliphatic rings. The van der Waals surface area contributed by atoms with Crippen LogP contribution in [0.4, 0.5) is 0 Å². The Morgan fingerprint density at radius 3 is 2.35 bits per heavy atom. The second-order valence-corrected chi connectivity index (χ2v) is 10.4. The van der Waals surface area contributed by atoms with Crippen LogP contribution in [0.15, 0.2) is 29.3 Å². The van der Waals surface area contributed by atoms with E-state index in [9.17, 15) is 10.1 Å². The number of primary amides is 1. The van der Waals surface area contributed by atoms with E-state index >= 15 is 0 Å². The maximum absolute atomic E-state index is 12.3. The number of carbonyl (C=O) groups excluding carboxylic acids is 1. The third-order valence-corrected chi connectivity index (χ3v) is 8.81. The van der Waals surface area contributed by atoms with Crippen molar-refractivity contribution < 1.29 is 9.53 Å². The standard InChI is InChI=1S/C25H32N4O2/c1-31-20-6-4-19(5-7-20)25(8-2-3-9-25)23(28-15-26)29-21-17-10-16-11-18(21)14-24(12-16,13-17)22(27)30/h4-7,16-18,21H,2-3,8-14H2,1H3,(H2,27,30)(H,28,29). The summed E-state index contributed by atoms with van der Waals surface area (Å²) in [7, 11) is 1.68. The van der Waals surface area contributed by atoms with Crippen molar-refractivity contribution in [2.24, 2.45) is 33.9 Å². The van der Waals surface area contributed by atoms with E-state index in [1.165, 1.54) is 5.56 Å². The summed E-state index contributed by atoms with van der Waals surface area (Å²) in [4.78, 5) is 16.7. The Bertz CT molecular complexity index is 910. The second kappa shape index (κ2) is 7.55. The van der Waals surface area contributed by atoms with E-state index in [1.54, 1.807) is 7.11 Å². The fourth-order valence-corrected chi connectivity index (χ4v) is 7.60. The van der Waals surface area contributed by atoms with Gasteiger partial charge in [-0.05, 0) is 80.4 Å². The van der Waals surface area contributed by atoms with E-state index in [1.807, 2.05) is 12.1 Å². The lowest BCUT2D eigenvalue weighted by Crippen LogP contribution is -2.63. The Balaban J connectivity index is 1.45. The minimum Gasteiger partial charge on any atom is -0.497 e. The summed E-state index contributed by atoms with van der Waals surface area (Å²) in [5.74, 6) is 3.02. The molecule has 0 radical (unpaired) electrons. The fraction of sp³-hybridized carbons (Fsp3) is 0.640. The Kier molecular flexibility index (Phi) is 4.96. The molecule has 5 fully saturated rings. The number of nitrogens with two attached hydrogens (primary N) is 1. The molecule has 31 heavy (non-hydrogen) atoms. The largest absolute Gasteiger partial charge is 0.497 e. The molecule has 1 amide bonds. The molecule has 0 spiro atoms. The van der Waals surface area contributed by atoms with Crippen molar-refractivity contribution in [2.45, 2.75) is 69.2 Å². The Morgan fingerprint density at radius 2 is 1.81 bits per heavy atom. The normalized spacial score (nSPS) is 35.5. The number of ether oxygens (including phenoxy) is 1. The quantitative estimate of drug-likeness (QED) is 0.431. The number of hydrogen-bond acceptors (Lipinski definition) is 4. The number of hydrogen-bond donors (Lipinski definition) is 2. The zero-order valence-electron chi connectivity index (χ0n) is 18.3. The van der Waals surface area contributed by atoms with Crippen molar-refractivity contribution in [3.63, 3.8) is 0 Å². The summed E-state index contributed by atoms with van der Waals surface area (Å²) < 4.78 is 5.35. The zero-order valence-corrected chi connectivity index (χ0v) is 18.3. The fourth-order valence-electron chi connectivity index (χ4n) is 7.60. The van der Waals surface area contributed by atoms with Crippen molar-refractivity contribution in [1.82, 2.24) is 5.32 Å². The number of methoxy groups -OCH3 is 1. The van der Waals surface area contributed by atoms with Crippen LogP contribution in [0.3, 0.4) is 0 Å². The van der Waals surface area contributed by atoms with Crippen LogP contribution in [0.5, 0.6) is 5.75 Å².